The van der Waals surface area contributed by atoms with Crippen LogP contribution in [0.5, 0.6) is 0 Å². The minimum atomic E-state index is -1.71. The van der Waals surface area contributed by atoms with Gasteiger partial charge in [0.2, 0.25) is 17.7 Å². The molecule has 7 nitrogen and oxygen atoms in total. The van der Waals surface area contributed by atoms with Crippen molar-refractivity contribution in [1.29, 1.82) is 0 Å². The second kappa shape index (κ2) is 13.8. The number of nitrogens with one attached hydrogen (secondary N) is 2. The lowest BCUT2D eigenvalue weighted by molar-refractivity contribution is -0.137. The number of benzene rings is 1. The highest BCUT2D eigenvalue weighted by molar-refractivity contribution is 5.95. The van der Waals surface area contributed by atoms with Gasteiger partial charge in [0.25, 0.3) is 6.08 Å². The van der Waals surface area contributed by atoms with Crippen LogP contribution in [-0.4, -0.2) is 47.8 Å². The highest BCUT2D eigenvalue weighted by Gasteiger charge is 2.33. The van der Waals surface area contributed by atoms with Crippen LogP contribution < -0.4 is 16.4 Å². The summed E-state index contributed by atoms with van der Waals surface area (Å²) in [5.74, 6) is -2.39. The molecule has 1 aliphatic carbocycles. The number of anilines is 1. The number of carbonyl (C=O) groups excluding carboxylic acids is 3. The molecule has 210 valence electrons. The Morgan fingerprint density at radius 1 is 1.08 bits per heavy atom. The Balaban J connectivity index is 1.72. The maximum Gasteiger partial charge on any atom is 0.269 e. The maximum absolute atomic E-state index is 15.1. The quantitative estimate of drug-likeness (QED) is 0.414. The minimum absolute atomic E-state index is 0.000844. The van der Waals surface area contributed by atoms with Gasteiger partial charge in [0.1, 0.15) is 11.9 Å². The summed E-state index contributed by atoms with van der Waals surface area (Å²) in [5.41, 5.74) is 6.69. The normalized spacial score (nSPS) is 19.2. The molecule has 2 fully saturated rings. The van der Waals surface area contributed by atoms with E-state index in [2.05, 4.69) is 10.6 Å². The number of halogens is 3. The third-order valence-corrected chi connectivity index (χ3v) is 7.84. The summed E-state index contributed by atoms with van der Waals surface area (Å²) in [6.07, 6.45) is 4.67. The summed E-state index contributed by atoms with van der Waals surface area (Å²) < 4.78 is 41.0. The van der Waals surface area contributed by atoms with E-state index in [0.29, 0.717) is 5.56 Å². The van der Waals surface area contributed by atoms with Gasteiger partial charge in [-0.3, -0.25) is 14.4 Å². The van der Waals surface area contributed by atoms with Gasteiger partial charge in [0.05, 0.1) is 11.7 Å². The molecular weight excluding hydrogens is 497 g/mol. The average Bonchev–Trinajstić information content (AvgIpc) is 3.21. The fourth-order valence-corrected chi connectivity index (χ4v) is 5.27. The lowest BCUT2D eigenvalue weighted by atomic mass is 9.90. The van der Waals surface area contributed by atoms with Gasteiger partial charge in [-0.2, -0.15) is 8.78 Å². The molecule has 3 amide bonds. The summed E-state index contributed by atoms with van der Waals surface area (Å²) >= 11 is 0. The largest absolute Gasteiger partial charge is 0.344 e. The Morgan fingerprint density at radius 2 is 1.71 bits per heavy atom. The Hall–Kier alpha value is -2.88. The molecule has 0 spiro atoms. The van der Waals surface area contributed by atoms with Crippen molar-refractivity contribution in [3.05, 3.63) is 41.2 Å². The Morgan fingerprint density at radius 3 is 2.26 bits per heavy atom. The van der Waals surface area contributed by atoms with E-state index < -0.39 is 41.7 Å². The number of amides is 3. The van der Waals surface area contributed by atoms with Crippen molar-refractivity contribution in [3.8, 4) is 0 Å². The molecule has 10 heteroatoms. The summed E-state index contributed by atoms with van der Waals surface area (Å²) in [6.45, 7) is 3.60. The molecule has 1 saturated heterocycles. The topological polar surface area (TPSA) is 105 Å². The lowest BCUT2D eigenvalue weighted by Gasteiger charge is -2.34. The Bertz CT molecular complexity index is 1030. The van der Waals surface area contributed by atoms with E-state index >= 15 is 4.39 Å². The predicted octanol–water partition coefficient (Wildman–Crippen LogP) is 4.83. The average molecular weight is 537 g/mol. The van der Waals surface area contributed by atoms with Gasteiger partial charge in [-0.05, 0) is 54.9 Å². The zero-order chi connectivity index (χ0) is 27.8. The number of hydrogen-bond donors (Lipinski definition) is 3. The highest BCUT2D eigenvalue weighted by Crippen LogP contribution is 2.29. The third-order valence-electron chi connectivity index (χ3n) is 7.84. The van der Waals surface area contributed by atoms with Crippen molar-refractivity contribution in [2.75, 3.05) is 18.4 Å². The lowest BCUT2D eigenvalue weighted by Crippen LogP contribution is -2.52. The number of nitrogens with two attached hydrogens (primary N) is 1. The summed E-state index contributed by atoms with van der Waals surface area (Å²) in [6, 6.07) is 2.57. The van der Waals surface area contributed by atoms with Crippen molar-refractivity contribution in [1.82, 2.24) is 10.2 Å². The number of hydrogen-bond acceptors (Lipinski definition) is 4. The smallest absolute Gasteiger partial charge is 0.269 e. The van der Waals surface area contributed by atoms with Crippen LogP contribution in [-0.2, 0) is 14.4 Å². The molecule has 3 atom stereocenters. The summed E-state index contributed by atoms with van der Waals surface area (Å²) in [5, 5.41) is 5.32. The van der Waals surface area contributed by atoms with E-state index in [4.69, 9.17) is 5.73 Å². The maximum atomic E-state index is 15.1. The number of rotatable bonds is 8. The van der Waals surface area contributed by atoms with E-state index in [0.717, 1.165) is 38.5 Å². The Labute approximate surface area is 222 Å². The number of carbonyl (C=O) groups is 3. The predicted molar refractivity (Wildman–Crippen MR) is 140 cm³/mol. The second-order valence-electron chi connectivity index (χ2n) is 10.4. The van der Waals surface area contributed by atoms with Gasteiger partial charge in [0, 0.05) is 25.4 Å². The number of nitrogens with zero attached hydrogens (tertiary/aromatic N) is 1. The molecule has 1 saturated carbocycles. The Kier molecular flexibility index (Phi) is 10.8. The first-order chi connectivity index (χ1) is 18.1. The molecule has 0 aromatic heterocycles. The first-order valence-electron chi connectivity index (χ1n) is 13.6. The van der Waals surface area contributed by atoms with Gasteiger partial charge < -0.3 is 21.3 Å². The van der Waals surface area contributed by atoms with Crippen molar-refractivity contribution in [3.63, 3.8) is 0 Å². The van der Waals surface area contributed by atoms with Crippen LogP contribution in [0.15, 0.2) is 29.9 Å². The van der Waals surface area contributed by atoms with Gasteiger partial charge in [-0.25, -0.2) is 4.39 Å². The SMILES string of the molecule is CCC(=O)N[C@@H](C(=O)N1CCC(=C(F)F)CC1)[C@@H](C)c1ccc(NC(=O)[C@@H](N)C2CCCCCC2)c(F)c1. The van der Waals surface area contributed by atoms with Crippen molar-refractivity contribution in [2.45, 2.75) is 89.6 Å². The van der Waals surface area contributed by atoms with Crippen molar-refractivity contribution >= 4 is 23.4 Å². The van der Waals surface area contributed by atoms with Crippen LogP contribution in [0.2, 0.25) is 0 Å². The zero-order valence-corrected chi connectivity index (χ0v) is 22.2. The molecule has 0 bridgehead atoms. The summed E-state index contributed by atoms with van der Waals surface area (Å²) in [7, 11) is 0. The van der Waals surface area contributed by atoms with Gasteiger partial charge in [-0.1, -0.05) is 45.6 Å². The van der Waals surface area contributed by atoms with Gasteiger partial charge in [-0.15, -0.1) is 0 Å². The first kappa shape index (κ1) is 29.7. The van der Waals surface area contributed by atoms with E-state index in [9.17, 15) is 23.2 Å². The van der Waals surface area contributed by atoms with E-state index in [-0.39, 0.29) is 55.4 Å². The second-order valence-corrected chi connectivity index (χ2v) is 10.4. The minimum Gasteiger partial charge on any atom is -0.344 e. The molecule has 0 unspecified atom stereocenters. The first-order valence-corrected chi connectivity index (χ1v) is 13.6. The third kappa shape index (κ3) is 7.58. The van der Waals surface area contributed by atoms with Crippen LogP contribution in [0.1, 0.15) is 83.1 Å². The zero-order valence-electron chi connectivity index (χ0n) is 22.2. The summed E-state index contributed by atoms with van der Waals surface area (Å²) in [4.78, 5) is 39.8. The van der Waals surface area contributed by atoms with Crippen LogP contribution in [0.4, 0.5) is 18.9 Å². The monoisotopic (exact) mass is 536 g/mol. The van der Waals surface area contributed by atoms with Gasteiger partial charge in [0.15, 0.2) is 0 Å². The molecule has 4 N–H and O–H groups in total. The molecule has 0 radical (unpaired) electrons. The number of likely N-dealkylation sites (tertiary alicyclic amines) is 1. The molecular formula is C28H39F3N4O3. The fraction of sp³-hybridized carbons (Fsp3) is 0.607. The molecule has 2 aliphatic rings. The molecule has 1 heterocycles. The van der Waals surface area contributed by atoms with Gasteiger partial charge >= 0.3 is 0 Å². The van der Waals surface area contributed by atoms with Crippen molar-refractivity contribution in [2.24, 2.45) is 11.7 Å². The van der Waals surface area contributed by atoms with Crippen LogP contribution >= 0.6 is 0 Å². The molecule has 3 rings (SSSR count). The number of piperidine rings is 1. The van der Waals surface area contributed by atoms with E-state index in [1.54, 1.807) is 19.9 Å². The van der Waals surface area contributed by atoms with E-state index in [1.807, 2.05) is 0 Å². The highest BCUT2D eigenvalue weighted by atomic mass is 19.3. The molecule has 1 aliphatic heterocycles. The molecule has 38 heavy (non-hydrogen) atoms. The molecule has 1 aromatic carbocycles. The van der Waals surface area contributed by atoms with E-state index in [1.165, 1.54) is 17.0 Å². The van der Waals surface area contributed by atoms with Crippen LogP contribution in [0.25, 0.3) is 0 Å². The van der Waals surface area contributed by atoms with Crippen molar-refractivity contribution < 1.29 is 27.6 Å². The standard InChI is InChI=1S/C28H39F3N4O3/c1-3-23(36)34-25(28(38)35-14-12-19(13-15-35)26(30)31)17(2)20-10-11-22(21(29)16-20)33-27(37)24(32)18-8-6-4-5-7-9-18/h10-11,16-18,24-25H,3-9,12-15,32H2,1-2H3,(H,33,37)(H,34,36)/t17-,24-,25+/m0/s1. The van der Waals surface area contributed by atoms with Crippen LogP contribution in [0, 0.1) is 11.7 Å². The fourth-order valence-electron chi connectivity index (χ4n) is 5.27. The van der Waals surface area contributed by atoms with Crippen LogP contribution in [0.3, 0.4) is 0 Å². The molecule has 1 aromatic rings.